The molecule has 154 valence electrons. The summed E-state index contributed by atoms with van der Waals surface area (Å²) in [4.78, 5) is 35.4. The second-order valence-electron chi connectivity index (χ2n) is 6.63. The average Bonchev–Trinajstić information content (AvgIpc) is 2.76. The summed E-state index contributed by atoms with van der Waals surface area (Å²) >= 11 is 0. The first kappa shape index (κ1) is 22.1. The lowest BCUT2D eigenvalue weighted by Gasteiger charge is -2.15. The van der Waals surface area contributed by atoms with E-state index in [1.54, 1.807) is 31.2 Å². The number of esters is 1. The van der Waals surface area contributed by atoms with Crippen molar-refractivity contribution in [1.29, 1.82) is 0 Å². The lowest BCUT2D eigenvalue weighted by atomic mass is 10.1. The summed E-state index contributed by atoms with van der Waals surface area (Å²) in [5, 5.41) is 2.80. The van der Waals surface area contributed by atoms with E-state index in [2.05, 4.69) is 12.2 Å². The predicted molar refractivity (Wildman–Crippen MR) is 110 cm³/mol. The van der Waals surface area contributed by atoms with E-state index in [4.69, 9.17) is 9.47 Å². The van der Waals surface area contributed by atoms with Crippen molar-refractivity contribution in [3.8, 4) is 5.75 Å². The molecule has 1 atom stereocenters. The van der Waals surface area contributed by atoms with E-state index in [1.807, 2.05) is 31.2 Å². The number of ether oxygens (including phenoxy) is 2. The van der Waals surface area contributed by atoms with Crippen molar-refractivity contribution in [1.82, 2.24) is 5.32 Å². The smallest absolute Gasteiger partial charge is 0.344 e. The van der Waals surface area contributed by atoms with Gasteiger partial charge in [-0.15, -0.1) is 0 Å². The molecule has 6 heteroatoms. The summed E-state index contributed by atoms with van der Waals surface area (Å²) in [7, 11) is 0. The number of rotatable bonds is 10. The van der Waals surface area contributed by atoms with Gasteiger partial charge in [-0.2, -0.15) is 0 Å². The molecule has 6 nitrogen and oxygen atoms in total. The third-order valence-corrected chi connectivity index (χ3v) is 4.48. The number of carbonyl (C=O) groups excluding carboxylic acids is 3. The third-order valence-electron chi connectivity index (χ3n) is 4.48. The van der Waals surface area contributed by atoms with Crippen molar-refractivity contribution in [2.45, 2.75) is 39.7 Å². The van der Waals surface area contributed by atoms with E-state index in [1.165, 1.54) is 5.56 Å². The Balaban J connectivity index is 1.72. The Morgan fingerprint density at radius 3 is 2.17 bits per heavy atom. The standard InChI is InChI=1S/C23H27NO5/c1-4-17-6-8-18(9-7-17)16(3)24-22(26)14-29-23(27)15-28-20-12-10-19(11-13-20)21(25)5-2/h6-13,16H,4-5,14-15H2,1-3H3,(H,24,26). The van der Waals surface area contributed by atoms with Gasteiger partial charge in [0, 0.05) is 12.0 Å². The Labute approximate surface area is 171 Å². The molecule has 0 aliphatic heterocycles. The van der Waals surface area contributed by atoms with Gasteiger partial charge in [-0.25, -0.2) is 4.79 Å². The van der Waals surface area contributed by atoms with E-state index < -0.39 is 5.97 Å². The van der Waals surface area contributed by atoms with Gasteiger partial charge in [-0.3, -0.25) is 9.59 Å². The highest BCUT2D eigenvalue weighted by Gasteiger charge is 2.12. The molecular formula is C23H27NO5. The van der Waals surface area contributed by atoms with Crippen molar-refractivity contribution in [3.05, 3.63) is 65.2 Å². The molecule has 0 saturated carbocycles. The Morgan fingerprint density at radius 2 is 1.59 bits per heavy atom. The Kier molecular flexibility index (Phi) is 8.40. The quantitative estimate of drug-likeness (QED) is 0.489. The monoisotopic (exact) mass is 397 g/mol. The fraction of sp³-hybridized carbons (Fsp3) is 0.348. The molecule has 0 fully saturated rings. The van der Waals surface area contributed by atoms with Crippen molar-refractivity contribution < 1.29 is 23.9 Å². The first-order chi connectivity index (χ1) is 13.9. The Hall–Kier alpha value is -3.15. The van der Waals surface area contributed by atoms with Crippen LogP contribution in [0.4, 0.5) is 0 Å². The van der Waals surface area contributed by atoms with Crippen LogP contribution in [-0.2, 0) is 20.7 Å². The highest BCUT2D eigenvalue weighted by atomic mass is 16.6. The zero-order valence-corrected chi connectivity index (χ0v) is 17.1. The van der Waals surface area contributed by atoms with Crippen molar-refractivity contribution in [3.63, 3.8) is 0 Å². The number of nitrogens with one attached hydrogen (secondary N) is 1. The number of amides is 1. The summed E-state index contributed by atoms with van der Waals surface area (Å²) in [5.74, 6) is -0.539. The minimum atomic E-state index is -0.645. The number of benzene rings is 2. The second-order valence-corrected chi connectivity index (χ2v) is 6.63. The number of hydrogen-bond acceptors (Lipinski definition) is 5. The molecule has 0 saturated heterocycles. The van der Waals surface area contributed by atoms with Crippen molar-refractivity contribution in [2.24, 2.45) is 0 Å². The molecule has 29 heavy (non-hydrogen) atoms. The fourth-order valence-corrected chi connectivity index (χ4v) is 2.68. The lowest BCUT2D eigenvalue weighted by molar-refractivity contribution is -0.150. The van der Waals surface area contributed by atoms with Gasteiger partial charge in [-0.1, -0.05) is 38.1 Å². The first-order valence-corrected chi connectivity index (χ1v) is 9.72. The molecule has 2 aromatic carbocycles. The molecular weight excluding hydrogens is 370 g/mol. The molecule has 0 aliphatic carbocycles. The molecule has 0 bridgehead atoms. The zero-order valence-electron chi connectivity index (χ0n) is 17.1. The van der Waals surface area contributed by atoms with Crippen LogP contribution >= 0.6 is 0 Å². The largest absolute Gasteiger partial charge is 0.482 e. The van der Waals surface area contributed by atoms with Crippen LogP contribution in [0.5, 0.6) is 5.75 Å². The molecule has 1 N–H and O–H groups in total. The Bertz CT molecular complexity index is 827. The molecule has 1 unspecified atom stereocenters. The molecule has 2 rings (SSSR count). The lowest BCUT2D eigenvalue weighted by Crippen LogP contribution is -2.31. The van der Waals surface area contributed by atoms with Crippen molar-refractivity contribution in [2.75, 3.05) is 13.2 Å². The van der Waals surface area contributed by atoms with Gasteiger partial charge in [0.05, 0.1) is 6.04 Å². The number of aryl methyl sites for hydroxylation is 1. The molecule has 0 aromatic heterocycles. The van der Waals surface area contributed by atoms with E-state index in [-0.39, 0.29) is 30.9 Å². The van der Waals surface area contributed by atoms with Crippen LogP contribution < -0.4 is 10.1 Å². The second kappa shape index (κ2) is 11.0. The molecule has 2 aromatic rings. The van der Waals surface area contributed by atoms with Crippen LogP contribution in [-0.4, -0.2) is 30.9 Å². The number of ketones is 1. The van der Waals surface area contributed by atoms with Crippen LogP contribution in [0, 0.1) is 0 Å². The molecule has 0 aliphatic rings. The first-order valence-electron chi connectivity index (χ1n) is 9.72. The van der Waals surface area contributed by atoms with E-state index in [0.717, 1.165) is 12.0 Å². The van der Waals surface area contributed by atoms with Gasteiger partial charge >= 0.3 is 5.97 Å². The predicted octanol–water partition coefficient (Wildman–Crippen LogP) is 3.64. The van der Waals surface area contributed by atoms with Gasteiger partial charge in [0.25, 0.3) is 5.91 Å². The minimum absolute atomic E-state index is 0.0394. The normalized spacial score (nSPS) is 11.4. The highest BCUT2D eigenvalue weighted by molar-refractivity contribution is 5.95. The summed E-state index contributed by atoms with van der Waals surface area (Å²) < 4.78 is 10.3. The maximum atomic E-state index is 12.0. The third kappa shape index (κ3) is 7.07. The number of carbonyl (C=O) groups is 3. The minimum Gasteiger partial charge on any atom is -0.482 e. The van der Waals surface area contributed by atoms with Crippen LogP contribution in [0.1, 0.15) is 54.7 Å². The summed E-state index contributed by atoms with van der Waals surface area (Å²) in [5.41, 5.74) is 2.81. The molecule has 0 spiro atoms. The van der Waals surface area contributed by atoms with E-state index >= 15 is 0 Å². The summed E-state index contributed by atoms with van der Waals surface area (Å²) in [6.45, 7) is 5.06. The van der Waals surface area contributed by atoms with Crippen LogP contribution in [0.25, 0.3) is 0 Å². The van der Waals surface area contributed by atoms with Gasteiger partial charge in [-0.05, 0) is 48.7 Å². The van der Waals surface area contributed by atoms with Crippen LogP contribution in [0.2, 0.25) is 0 Å². The molecule has 1 amide bonds. The maximum Gasteiger partial charge on any atom is 0.344 e. The van der Waals surface area contributed by atoms with Crippen molar-refractivity contribution >= 4 is 17.7 Å². The van der Waals surface area contributed by atoms with E-state index in [0.29, 0.717) is 17.7 Å². The van der Waals surface area contributed by atoms with Gasteiger partial charge < -0.3 is 14.8 Å². The fourth-order valence-electron chi connectivity index (χ4n) is 2.68. The molecule has 0 radical (unpaired) electrons. The number of Topliss-reactive ketones (excluding diaryl/α,β-unsaturated/α-hetero) is 1. The van der Waals surface area contributed by atoms with Crippen LogP contribution in [0.3, 0.4) is 0 Å². The van der Waals surface area contributed by atoms with Gasteiger partial charge in [0.1, 0.15) is 5.75 Å². The maximum absolute atomic E-state index is 12.0. The molecule has 0 heterocycles. The number of hydrogen-bond donors (Lipinski definition) is 1. The van der Waals surface area contributed by atoms with E-state index in [9.17, 15) is 14.4 Å². The topological polar surface area (TPSA) is 81.7 Å². The average molecular weight is 397 g/mol. The van der Waals surface area contributed by atoms with Gasteiger partial charge in [0.2, 0.25) is 0 Å². The van der Waals surface area contributed by atoms with Crippen LogP contribution in [0.15, 0.2) is 48.5 Å². The highest BCUT2D eigenvalue weighted by Crippen LogP contribution is 2.14. The van der Waals surface area contributed by atoms with Gasteiger partial charge in [0.15, 0.2) is 19.0 Å². The summed E-state index contributed by atoms with van der Waals surface area (Å²) in [6, 6.07) is 14.4. The zero-order chi connectivity index (χ0) is 21.2. The summed E-state index contributed by atoms with van der Waals surface area (Å²) in [6.07, 6.45) is 1.39. The Morgan fingerprint density at radius 1 is 0.931 bits per heavy atom. The SMILES string of the molecule is CCC(=O)c1ccc(OCC(=O)OCC(=O)NC(C)c2ccc(CC)cc2)cc1.